The SMILES string of the molecule is CC(C)CC[C@@H](O)C(C)(O)[C@H]1CCC2(O)C3=CC(=O)[C@@H]4C[C@@H](O)[C@@H](O)C[C@]4(C)[C@H]3C(O)C[C@]12C. The third kappa shape index (κ3) is 3.57. The van der Waals surface area contributed by atoms with E-state index in [0.717, 1.165) is 6.42 Å². The largest absolute Gasteiger partial charge is 0.392 e. The monoisotopic (exact) mass is 480 g/mol. The Bertz CT molecular complexity index is 852. The van der Waals surface area contributed by atoms with Crippen LogP contribution in [0.2, 0.25) is 0 Å². The summed E-state index contributed by atoms with van der Waals surface area (Å²) < 4.78 is 0. The van der Waals surface area contributed by atoms with Crippen LogP contribution in [-0.4, -0.2) is 72.0 Å². The molecule has 0 heterocycles. The molecule has 4 rings (SSSR count). The maximum absolute atomic E-state index is 13.3. The Labute approximate surface area is 202 Å². The first-order valence-electron chi connectivity index (χ1n) is 13.0. The molecule has 4 aliphatic carbocycles. The predicted molar refractivity (Wildman–Crippen MR) is 127 cm³/mol. The minimum atomic E-state index is -1.46. The maximum Gasteiger partial charge on any atom is 0.159 e. The molecule has 0 saturated heterocycles. The molecule has 3 unspecified atom stereocenters. The van der Waals surface area contributed by atoms with E-state index in [1.54, 1.807) is 6.92 Å². The van der Waals surface area contributed by atoms with Crippen molar-refractivity contribution in [2.75, 3.05) is 0 Å². The molecule has 194 valence electrons. The fourth-order valence-electron chi connectivity index (χ4n) is 8.44. The summed E-state index contributed by atoms with van der Waals surface area (Å²) in [6.45, 7) is 9.52. The van der Waals surface area contributed by atoms with E-state index in [4.69, 9.17) is 0 Å². The smallest absolute Gasteiger partial charge is 0.159 e. The van der Waals surface area contributed by atoms with Gasteiger partial charge in [0.25, 0.3) is 0 Å². The predicted octanol–water partition coefficient (Wildman–Crippen LogP) is 1.71. The highest BCUT2D eigenvalue weighted by molar-refractivity contribution is 5.95. The number of hydrogen-bond donors (Lipinski definition) is 6. The van der Waals surface area contributed by atoms with Gasteiger partial charge in [0.2, 0.25) is 0 Å². The molecular weight excluding hydrogens is 436 g/mol. The van der Waals surface area contributed by atoms with E-state index in [2.05, 4.69) is 13.8 Å². The molecule has 0 radical (unpaired) electrons. The molecule has 4 aliphatic rings. The zero-order valence-electron chi connectivity index (χ0n) is 21.2. The lowest BCUT2D eigenvalue weighted by atomic mass is 9.45. The molecule has 0 aliphatic heterocycles. The molecule has 7 heteroatoms. The Morgan fingerprint density at radius 1 is 1.09 bits per heavy atom. The highest BCUT2D eigenvalue weighted by Crippen LogP contribution is 2.68. The number of aliphatic hydroxyl groups is 6. The molecule has 6 N–H and O–H groups in total. The summed E-state index contributed by atoms with van der Waals surface area (Å²) in [5.74, 6) is -1.32. The maximum atomic E-state index is 13.3. The average Bonchev–Trinajstić information content (AvgIpc) is 2.99. The van der Waals surface area contributed by atoms with E-state index < -0.39 is 64.2 Å². The molecule has 3 saturated carbocycles. The summed E-state index contributed by atoms with van der Waals surface area (Å²) in [7, 11) is 0. The number of ketones is 1. The Balaban J connectivity index is 1.73. The number of carbonyl (C=O) groups excluding carboxylic acids is 1. The Kier molecular flexibility index (Phi) is 6.45. The summed E-state index contributed by atoms with van der Waals surface area (Å²) in [6, 6.07) is 0. The van der Waals surface area contributed by atoms with Crippen molar-refractivity contribution in [3.63, 3.8) is 0 Å². The van der Waals surface area contributed by atoms with Crippen molar-refractivity contribution in [3.8, 4) is 0 Å². The van der Waals surface area contributed by atoms with Crippen LogP contribution in [0.15, 0.2) is 11.6 Å². The van der Waals surface area contributed by atoms with Crippen molar-refractivity contribution in [2.45, 2.75) is 115 Å². The quantitative estimate of drug-likeness (QED) is 0.352. The van der Waals surface area contributed by atoms with Crippen molar-refractivity contribution in [3.05, 3.63) is 11.6 Å². The fraction of sp³-hybridized carbons (Fsp3) is 0.889. The summed E-state index contributed by atoms with van der Waals surface area (Å²) in [4.78, 5) is 13.3. The Morgan fingerprint density at radius 3 is 2.35 bits per heavy atom. The molecule has 0 amide bonds. The minimum Gasteiger partial charge on any atom is -0.392 e. The number of allylic oxidation sites excluding steroid dienone is 1. The van der Waals surface area contributed by atoms with Gasteiger partial charge in [-0.15, -0.1) is 0 Å². The highest BCUT2D eigenvalue weighted by Gasteiger charge is 2.71. The number of fused-ring (bicyclic) bond motifs is 5. The zero-order chi connectivity index (χ0) is 25.4. The van der Waals surface area contributed by atoms with Gasteiger partial charge in [0.05, 0.1) is 35.6 Å². The van der Waals surface area contributed by atoms with Gasteiger partial charge >= 0.3 is 0 Å². The van der Waals surface area contributed by atoms with Crippen LogP contribution in [0.3, 0.4) is 0 Å². The van der Waals surface area contributed by atoms with E-state index in [-0.39, 0.29) is 25.0 Å². The van der Waals surface area contributed by atoms with Crippen LogP contribution in [-0.2, 0) is 4.79 Å². The summed E-state index contributed by atoms with van der Waals surface area (Å²) in [6.07, 6.45) is 0.195. The normalized spacial score (nSPS) is 49.1. The van der Waals surface area contributed by atoms with Crippen LogP contribution in [0, 0.1) is 34.5 Å². The average molecular weight is 481 g/mol. The van der Waals surface area contributed by atoms with E-state index in [1.807, 2.05) is 13.8 Å². The zero-order valence-corrected chi connectivity index (χ0v) is 21.2. The van der Waals surface area contributed by atoms with Crippen molar-refractivity contribution in [2.24, 2.45) is 34.5 Å². The van der Waals surface area contributed by atoms with E-state index in [0.29, 0.717) is 30.8 Å². The van der Waals surface area contributed by atoms with Gasteiger partial charge < -0.3 is 30.6 Å². The van der Waals surface area contributed by atoms with Crippen molar-refractivity contribution < 1.29 is 35.4 Å². The van der Waals surface area contributed by atoms with Gasteiger partial charge in [0.15, 0.2) is 5.78 Å². The van der Waals surface area contributed by atoms with Crippen LogP contribution in [0.5, 0.6) is 0 Å². The second-order valence-electron chi connectivity index (χ2n) is 13.0. The summed E-state index contributed by atoms with van der Waals surface area (Å²) >= 11 is 0. The first-order valence-corrected chi connectivity index (χ1v) is 13.0. The van der Waals surface area contributed by atoms with Crippen LogP contribution < -0.4 is 0 Å². The molecular formula is C27H44O7. The van der Waals surface area contributed by atoms with Gasteiger partial charge in [-0.25, -0.2) is 0 Å². The second kappa shape index (κ2) is 8.35. The first-order chi connectivity index (χ1) is 15.6. The summed E-state index contributed by atoms with van der Waals surface area (Å²) in [5, 5.41) is 66.9. The van der Waals surface area contributed by atoms with Crippen LogP contribution >= 0.6 is 0 Å². The third-order valence-electron chi connectivity index (χ3n) is 10.5. The highest BCUT2D eigenvalue weighted by atomic mass is 16.3. The molecule has 34 heavy (non-hydrogen) atoms. The van der Waals surface area contributed by atoms with Crippen molar-refractivity contribution in [1.82, 2.24) is 0 Å². The molecule has 11 atom stereocenters. The molecule has 7 nitrogen and oxygen atoms in total. The van der Waals surface area contributed by atoms with Gasteiger partial charge in [-0.2, -0.15) is 0 Å². The van der Waals surface area contributed by atoms with E-state index in [9.17, 15) is 35.4 Å². The van der Waals surface area contributed by atoms with Gasteiger partial charge in [0, 0.05) is 17.3 Å². The minimum absolute atomic E-state index is 0.137. The van der Waals surface area contributed by atoms with E-state index >= 15 is 0 Å². The number of hydrogen-bond acceptors (Lipinski definition) is 7. The number of rotatable bonds is 5. The van der Waals surface area contributed by atoms with Crippen LogP contribution in [0.4, 0.5) is 0 Å². The molecule has 0 aromatic heterocycles. The second-order valence-corrected chi connectivity index (χ2v) is 13.0. The topological polar surface area (TPSA) is 138 Å². The molecule has 0 bridgehead atoms. The van der Waals surface area contributed by atoms with Crippen molar-refractivity contribution >= 4 is 5.78 Å². The van der Waals surface area contributed by atoms with Crippen molar-refractivity contribution in [1.29, 1.82) is 0 Å². The first kappa shape index (κ1) is 26.2. The van der Waals surface area contributed by atoms with Crippen LogP contribution in [0.25, 0.3) is 0 Å². The fourth-order valence-corrected chi connectivity index (χ4v) is 8.44. The Morgan fingerprint density at radius 2 is 1.74 bits per heavy atom. The van der Waals surface area contributed by atoms with E-state index in [1.165, 1.54) is 6.08 Å². The molecule has 0 spiro atoms. The molecule has 3 fully saturated rings. The molecule has 0 aromatic carbocycles. The molecule has 0 aromatic rings. The van der Waals surface area contributed by atoms with Gasteiger partial charge in [-0.3, -0.25) is 4.79 Å². The lowest BCUT2D eigenvalue weighted by molar-refractivity contribution is -0.196. The Hall–Kier alpha value is -0.830. The van der Waals surface area contributed by atoms with Gasteiger partial charge in [-0.05, 0) is 80.8 Å². The number of aliphatic hydroxyl groups excluding tert-OH is 4. The standard InChI is InChI=1S/C27H44O7/c1-14(2)6-7-22(32)26(5,33)21-8-9-27(34)16-11-17(28)15-10-18(29)19(30)12-24(15,3)23(16)20(31)13-25(21,27)4/h11,14-15,18-23,29-34H,6-10,12-13H2,1-5H3/t15-,18+,19-,20?,21-,22+,23+,24-,25+,26?,27?/m0/s1. The third-order valence-corrected chi connectivity index (χ3v) is 10.5. The van der Waals surface area contributed by atoms with Crippen LogP contribution in [0.1, 0.15) is 79.6 Å². The lowest BCUT2D eigenvalue weighted by Crippen LogP contribution is -2.66. The lowest BCUT2D eigenvalue weighted by Gasteiger charge is -2.62. The number of carbonyl (C=O) groups is 1. The summed E-state index contributed by atoms with van der Waals surface area (Å²) in [5.41, 5.74) is -4.09. The van der Waals surface area contributed by atoms with Gasteiger partial charge in [-0.1, -0.05) is 27.7 Å². The van der Waals surface area contributed by atoms with Gasteiger partial charge in [0.1, 0.15) is 0 Å².